The number of allylic oxidation sites excluding steroid dienone is 4. The second kappa shape index (κ2) is 48.3. The number of carbonyl (C=O) groups excluding carboxylic acids is 2. The van der Waals surface area contributed by atoms with Crippen LogP contribution in [0.2, 0.25) is 0 Å². The van der Waals surface area contributed by atoms with Gasteiger partial charge in [-0.1, -0.05) is 237 Å². The summed E-state index contributed by atoms with van der Waals surface area (Å²) in [6.45, 7) is 4.76. The molecule has 0 aromatic rings. The predicted molar refractivity (Wildman–Crippen MR) is 275 cm³/mol. The van der Waals surface area contributed by atoms with E-state index < -0.39 is 18.1 Å². The maximum absolute atomic E-state index is 12.8. The lowest BCUT2D eigenvalue weighted by Crippen LogP contribution is -2.50. The van der Waals surface area contributed by atoms with Gasteiger partial charge in [0.2, 0.25) is 0 Å². The maximum Gasteiger partial charge on any atom is 0.362 e. The van der Waals surface area contributed by atoms with Crippen molar-refractivity contribution in [2.24, 2.45) is 0 Å². The first-order chi connectivity index (χ1) is 31.6. The van der Waals surface area contributed by atoms with Crippen LogP contribution in [0.4, 0.5) is 0 Å². The molecule has 0 radical (unpaired) electrons. The number of nitrogens with zero attached hydrogens (tertiary/aromatic N) is 1. The molecule has 0 saturated heterocycles. The van der Waals surface area contributed by atoms with Crippen molar-refractivity contribution in [3.63, 3.8) is 0 Å². The quantitative estimate of drug-likeness (QED) is 0.0281. The summed E-state index contributed by atoms with van der Waals surface area (Å²) in [6, 6.07) is -0.613. The highest BCUT2D eigenvalue weighted by Gasteiger charge is 2.31. The van der Waals surface area contributed by atoms with Crippen molar-refractivity contribution in [3.05, 3.63) is 24.3 Å². The lowest BCUT2D eigenvalue weighted by molar-refractivity contribution is -0.887. The Morgan fingerprint density at radius 3 is 1.18 bits per heavy atom. The molecule has 8 nitrogen and oxygen atoms in total. The van der Waals surface area contributed by atoms with Crippen LogP contribution in [0, 0.1) is 0 Å². The first-order valence-electron chi connectivity index (χ1n) is 27.9. The highest BCUT2D eigenvalue weighted by atomic mass is 16.6. The van der Waals surface area contributed by atoms with E-state index in [1.807, 2.05) is 21.1 Å². The first-order valence-corrected chi connectivity index (χ1v) is 27.9. The van der Waals surface area contributed by atoms with Crippen molar-refractivity contribution in [1.29, 1.82) is 0 Å². The first kappa shape index (κ1) is 62.8. The fraction of sp³-hybridized carbons (Fsp3) is 0.877. The van der Waals surface area contributed by atoms with Crippen molar-refractivity contribution >= 4 is 17.9 Å². The van der Waals surface area contributed by atoms with Crippen LogP contribution < -0.4 is 0 Å². The average molecular weight is 919 g/mol. The molecule has 2 atom stereocenters. The summed E-state index contributed by atoms with van der Waals surface area (Å²) in [7, 11) is 5.55. The molecule has 8 heteroatoms. The molecule has 0 bridgehead atoms. The lowest BCUT2D eigenvalue weighted by Gasteiger charge is -2.31. The zero-order valence-electron chi connectivity index (χ0n) is 43.7. The second-order valence-electron chi connectivity index (χ2n) is 20.2. The number of unbranched alkanes of at least 4 members (excludes halogenated alkanes) is 34. The van der Waals surface area contributed by atoms with Gasteiger partial charge in [0.05, 0.1) is 34.4 Å². The standard InChI is InChI=1S/C57H107NO7/c1-6-8-10-12-14-16-18-20-22-24-26-27-28-30-31-33-35-37-39-41-43-45-47-55(59)64-52-53(51-63-50-49-54(57(61)62)58(3,4)5)65-56(60)48-46-44-42-40-38-36-34-32-29-25-23-21-19-17-15-13-11-9-7-2/h15,17,19,21,53-54H,6-14,16,18,20,22-52H2,1-5H3/p+1/b17-15+,21-19+. The lowest BCUT2D eigenvalue weighted by atomic mass is 10.0. The highest BCUT2D eigenvalue weighted by Crippen LogP contribution is 2.17. The summed E-state index contributed by atoms with van der Waals surface area (Å²) in [4.78, 5) is 37.2. The number of carbonyl (C=O) groups is 3. The maximum atomic E-state index is 12.8. The molecule has 2 unspecified atom stereocenters. The van der Waals surface area contributed by atoms with Crippen LogP contribution in [0.15, 0.2) is 24.3 Å². The number of carboxylic acid groups (broad SMARTS) is 1. The summed E-state index contributed by atoms with van der Waals surface area (Å²) < 4.78 is 17.4. The van der Waals surface area contributed by atoms with Crippen LogP contribution in [-0.4, -0.2) is 80.6 Å². The number of hydrogen-bond donors (Lipinski definition) is 1. The fourth-order valence-electron chi connectivity index (χ4n) is 8.56. The van der Waals surface area contributed by atoms with Crippen LogP contribution >= 0.6 is 0 Å². The molecule has 0 aromatic heterocycles. The van der Waals surface area contributed by atoms with E-state index in [0.717, 1.165) is 38.5 Å². The van der Waals surface area contributed by atoms with Crippen LogP contribution in [0.25, 0.3) is 0 Å². The monoisotopic (exact) mass is 919 g/mol. The molecule has 0 rings (SSSR count). The molecule has 1 N–H and O–H groups in total. The van der Waals surface area contributed by atoms with Crippen molar-refractivity contribution in [3.8, 4) is 0 Å². The van der Waals surface area contributed by atoms with E-state index >= 15 is 0 Å². The van der Waals surface area contributed by atoms with Gasteiger partial charge in [-0.25, -0.2) is 4.79 Å². The Kier molecular flexibility index (Phi) is 46.6. The minimum absolute atomic E-state index is 0.0468. The van der Waals surface area contributed by atoms with Crippen molar-refractivity contribution in [2.45, 2.75) is 283 Å². The van der Waals surface area contributed by atoms with Gasteiger partial charge in [0.15, 0.2) is 12.1 Å². The van der Waals surface area contributed by atoms with E-state index in [2.05, 4.69) is 38.2 Å². The van der Waals surface area contributed by atoms with Crippen LogP contribution in [0.1, 0.15) is 271 Å². The molecule has 382 valence electrons. The molecule has 65 heavy (non-hydrogen) atoms. The Labute approximate surface area is 402 Å². The van der Waals surface area contributed by atoms with Gasteiger partial charge < -0.3 is 23.8 Å². The smallest absolute Gasteiger partial charge is 0.362 e. The second-order valence-corrected chi connectivity index (χ2v) is 20.2. The minimum atomic E-state index is -0.871. The number of ether oxygens (including phenoxy) is 3. The van der Waals surface area contributed by atoms with Gasteiger partial charge in [0, 0.05) is 19.3 Å². The molecule has 0 saturated carbocycles. The summed E-state index contributed by atoms with van der Waals surface area (Å²) in [5.74, 6) is -1.45. The number of quaternary nitrogens is 1. The Balaban J connectivity index is 4.15. The molecule has 0 heterocycles. The van der Waals surface area contributed by atoms with E-state index in [4.69, 9.17) is 14.2 Å². The minimum Gasteiger partial charge on any atom is -0.477 e. The summed E-state index contributed by atoms with van der Waals surface area (Å²) in [5, 5.41) is 9.67. The molecular formula is C57H108NO7+. The Bertz CT molecular complexity index is 1120. The normalized spacial score (nSPS) is 12.9. The molecule has 0 aliphatic rings. The molecular weight excluding hydrogens is 811 g/mol. The third-order valence-electron chi connectivity index (χ3n) is 12.9. The molecule has 0 amide bonds. The third-order valence-corrected chi connectivity index (χ3v) is 12.9. The van der Waals surface area contributed by atoms with Crippen LogP contribution in [0.3, 0.4) is 0 Å². The van der Waals surface area contributed by atoms with Gasteiger partial charge in [0.25, 0.3) is 0 Å². The van der Waals surface area contributed by atoms with E-state index in [9.17, 15) is 19.5 Å². The van der Waals surface area contributed by atoms with Crippen molar-refractivity contribution < 1.29 is 38.2 Å². The van der Waals surface area contributed by atoms with Crippen LogP contribution in [0.5, 0.6) is 0 Å². The van der Waals surface area contributed by atoms with Gasteiger partial charge in [-0.05, 0) is 38.5 Å². The number of likely N-dealkylation sites (N-methyl/N-ethyl adjacent to an activating group) is 1. The Morgan fingerprint density at radius 1 is 0.462 bits per heavy atom. The van der Waals surface area contributed by atoms with Crippen LogP contribution in [-0.2, 0) is 28.6 Å². The number of rotatable bonds is 51. The molecule has 0 fully saturated rings. The van der Waals surface area contributed by atoms with Gasteiger partial charge in [0.1, 0.15) is 6.61 Å². The number of aliphatic carboxylic acids is 1. The average Bonchev–Trinajstić information content (AvgIpc) is 3.27. The molecule has 0 aliphatic carbocycles. The topological polar surface area (TPSA) is 99.1 Å². The molecule has 0 aromatic carbocycles. The number of hydrogen-bond acceptors (Lipinski definition) is 6. The zero-order valence-corrected chi connectivity index (χ0v) is 43.7. The van der Waals surface area contributed by atoms with E-state index in [1.165, 1.54) is 199 Å². The predicted octanol–water partition coefficient (Wildman–Crippen LogP) is 16.4. The molecule has 0 spiro atoms. The van der Waals surface area contributed by atoms with Gasteiger partial charge >= 0.3 is 17.9 Å². The number of carboxylic acids is 1. The summed E-state index contributed by atoms with van der Waals surface area (Å²) in [6.07, 6.45) is 56.6. The highest BCUT2D eigenvalue weighted by molar-refractivity contribution is 5.72. The van der Waals surface area contributed by atoms with Crippen molar-refractivity contribution in [1.82, 2.24) is 0 Å². The molecule has 0 aliphatic heterocycles. The third kappa shape index (κ3) is 46.7. The SMILES string of the molecule is CCCCC/C=C/C=C/CCCCCCCCCCCCC(=O)OC(COCCC(C(=O)O)[N+](C)(C)C)COC(=O)CCCCCCCCCCCCCCCCCCCCCCCC. The zero-order chi connectivity index (χ0) is 47.7. The Hall–Kier alpha value is -2.19. The van der Waals surface area contributed by atoms with E-state index in [0.29, 0.717) is 19.3 Å². The van der Waals surface area contributed by atoms with Gasteiger partial charge in [-0.15, -0.1) is 0 Å². The largest absolute Gasteiger partial charge is 0.477 e. The number of esters is 2. The van der Waals surface area contributed by atoms with Crippen molar-refractivity contribution in [2.75, 3.05) is 41.0 Å². The van der Waals surface area contributed by atoms with E-state index in [1.54, 1.807) is 0 Å². The summed E-state index contributed by atoms with van der Waals surface area (Å²) >= 11 is 0. The van der Waals surface area contributed by atoms with Gasteiger partial charge in [-0.2, -0.15) is 0 Å². The summed E-state index contributed by atoms with van der Waals surface area (Å²) in [5.41, 5.74) is 0. The fourth-order valence-corrected chi connectivity index (χ4v) is 8.56. The van der Waals surface area contributed by atoms with Gasteiger partial charge in [-0.3, -0.25) is 9.59 Å². The Morgan fingerprint density at radius 2 is 0.800 bits per heavy atom. The van der Waals surface area contributed by atoms with E-state index in [-0.39, 0.29) is 36.2 Å².